The predicted molar refractivity (Wildman–Crippen MR) is 110 cm³/mol. The van der Waals surface area contributed by atoms with E-state index in [1.54, 1.807) is 0 Å². The maximum absolute atomic E-state index is 6.13. The van der Waals surface area contributed by atoms with Gasteiger partial charge in [-0.2, -0.15) is 4.98 Å². The standard InChI is InChI=1S/C16H11Br3N4O2S/c1-2-26-16-21-15-12(22-23-16)8-5-7(17)3-4-10(8)20-14(25-15)11-6-9(18)13(19)24-11/h3-6,14,20H,2H2,1H3. The zero-order valence-corrected chi connectivity index (χ0v) is 18.9. The molecular weight excluding hydrogens is 552 g/mol. The van der Waals surface area contributed by atoms with Gasteiger partial charge in [0.15, 0.2) is 16.1 Å². The number of thioether (sulfide) groups is 1. The molecule has 1 unspecified atom stereocenters. The third-order valence-electron chi connectivity index (χ3n) is 3.58. The van der Waals surface area contributed by atoms with E-state index in [1.807, 2.05) is 31.2 Å². The highest BCUT2D eigenvalue weighted by molar-refractivity contribution is 9.13. The molecule has 0 fully saturated rings. The molecule has 3 aromatic rings. The lowest BCUT2D eigenvalue weighted by atomic mass is 10.1. The first-order valence-corrected chi connectivity index (χ1v) is 11.0. The second kappa shape index (κ2) is 7.49. The molecule has 1 N–H and O–H groups in total. The predicted octanol–water partition coefficient (Wildman–Crippen LogP) is 6.03. The van der Waals surface area contributed by atoms with Crippen LogP contribution in [-0.2, 0) is 0 Å². The Kier molecular flexibility index (Phi) is 5.27. The molecule has 0 bridgehead atoms. The van der Waals surface area contributed by atoms with E-state index < -0.39 is 6.23 Å². The van der Waals surface area contributed by atoms with Crippen molar-refractivity contribution >= 4 is 65.2 Å². The number of furan rings is 1. The molecule has 4 rings (SSSR count). The molecule has 0 radical (unpaired) electrons. The number of hydrogen-bond acceptors (Lipinski definition) is 7. The van der Waals surface area contributed by atoms with Crippen molar-refractivity contribution in [1.29, 1.82) is 0 Å². The largest absolute Gasteiger partial charge is 0.447 e. The number of nitrogens with zero attached hydrogens (tertiary/aromatic N) is 3. The summed E-state index contributed by atoms with van der Waals surface area (Å²) >= 11 is 11.8. The molecule has 0 spiro atoms. The van der Waals surface area contributed by atoms with Crippen molar-refractivity contribution in [2.45, 2.75) is 18.3 Å². The summed E-state index contributed by atoms with van der Waals surface area (Å²) in [5.41, 5.74) is 2.30. The van der Waals surface area contributed by atoms with Gasteiger partial charge >= 0.3 is 0 Å². The van der Waals surface area contributed by atoms with Crippen LogP contribution >= 0.6 is 59.6 Å². The molecule has 6 nitrogen and oxygen atoms in total. The maximum atomic E-state index is 6.13. The molecule has 26 heavy (non-hydrogen) atoms. The Labute approximate surface area is 178 Å². The van der Waals surface area contributed by atoms with E-state index in [0.29, 0.717) is 27.2 Å². The normalized spacial score (nSPS) is 15.5. The van der Waals surface area contributed by atoms with E-state index in [-0.39, 0.29) is 0 Å². The van der Waals surface area contributed by atoms with Crippen molar-refractivity contribution in [3.8, 4) is 17.1 Å². The molecular formula is C16H11Br3N4O2S. The van der Waals surface area contributed by atoms with Crippen LogP contribution in [0.1, 0.15) is 18.9 Å². The van der Waals surface area contributed by atoms with Gasteiger partial charge in [-0.3, -0.25) is 0 Å². The Hall–Kier alpha value is -1.10. The van der Waals surface area contributed by atoms with Gasteiger partial charge in [-0.15, -0.1) is 10.2 Å². The summed E-state index contributed by atoms with van der Waals surface area (Å²) in [5, 5.41) is 12.5. The highest BCUT2D eigenvalue weighted by Gasteiger charge is 2.28. The SMILES string of the molecule is CCSc1nnc2c(n1)OC(c1cc(Br)c(Br)o1)Nc1ccc(Br)cc1-2. The van der Waals surface area contributed by atoms with E-state index in [1.165, 1.54) is 11.8 Å². The first kappa shape index (κ1) is 18.3. The van der Waals surface area contributed by atoms with Crippen molar-refractivity contribution in [1.82, 2.24) is 15.2 Å². The lowest BCUT2D eigenvalue weighted by Crippen LogP contribution is -2.16. The summed E-state index contributed by atoms with van der Waals surface area (Å²) in [7, 11) is 0. The molecule has 3 heterocycles. The Morgan fingerprint density at radius 1 is 1.19 bits per heavy atom. The first-order chi connectivity index (χ1) is 12.5. The summed E-state index contributed by atoms with van der Waals surface area (Å²) < 4.78 is 14.2. The summed E-state index contributed by atoms with van der Waals surface area (Å²) in [4.78, 5) is 4.54. The van der Waals surface area contributed by atoms with Crippen molar-refractivity contribution in [3.05, 3.63) is 43.6 Å². The molecule has 1 aromatic carbocycles. The molecule has 0 amide bonds. The van der Waals surface area contributed by atoms with Gasteiger partial charge in [0.25, 0.3) is 0 Å². The molecule has 2 aromatic heterocycles. The lowest BCUT2D eigenvalue weighted by molar-refractivity contribution is 0.194. The van der Waals surface area contributed by atoms with Gasteiger partial charge in [-0.1, -0.05) is 34.6 Å². The monoisotopic (exact) mass is 560 g/mol. The fourth-order valence-corrected chi connectivity index (χ4v) is 3.95. The van der Waals surface area contributed by atoms with Crippen LogP contribution in [0.5, 0.6) is 5.88 Å². The summed E-state index contributed by atoms with van der Waals surface area (Å²) in [6.45, 7) is 2.04. The zero-order valence-electron chi connectivity index (χ0n) is 13.3. The van der Waals surface area contributed by atoms with Gasteiger partial charge in [0.1, 0.15) is 0 Å². The van der Waals surface area contributed by atoms with Crippen LogP contribution in [0.2, 0.25) is 0 Å². The average molecular weight is 563 g/mol. The van der Waals surface area contributed by atoms with Gasteiger partial charge in [-0.25, -0.2) is 0 Å². The van der Waals surface area contributed by atoms with Gasteiger partial charge in [0.05, 0.1) is 4.47 Å². The molecule has 0 saturated heterocycles. The Bertz CT molecular complexity index is 963. The second-order valence-corrected chi connectivity index (χ2v) is 9.01. The number of halogens is 3. The van der Waals surface area contributed by atoms with Gasteiger partial charge in [-0.05, 0) is 55.8 Å². The minimum atomic E-state index is -0.560. The van der Waals surface area contributed by atoms with Gasteiger partial charge in [0, 0.05) is 21.8 Å². The van der Waals surface area contributed by atoms with Crippen LogP contribution < -0.4 is 10.1 Å². The maximum Gasteiger partial charge on any atom is 0.247 e. The van der Waals surface area contributed by atoms with Crippen LogP contribution in [0, 0.1) is 0 Å². The van der Waals surface area contributed by atoms with Crippen molar-refractivity contribution < 1.29 is 9.15 Å². The van der Waals surface area contributed by atoms with Crippen molar-refractivity contribution in [2.75, 3.05) is 11.1 Å². The fourth-order valence-electron chi connectivity index (χ4n) is 2.48. The average Bonchev–Trinajstić information content (AvgIpc) is 2.86. The highest BCUT2D eigenvalue weighted by atomic mass is 79.9. The van der Waals surface area contributed by atoms with Crippen molar-refractivity contribution in [2.24, 2.45) is 0 Å². The number of benzene rings is 1. The van der Waals surface area contributed by atoms with E-state index in [9.17, 15) is 0 Å². The Morgan fingerprint density at radius 2 is 2.04 bits per heavy atom. The Balaban J connectivity index is 1.85. The van der Waals surface area contributed by atoms with E-state index in [0.717, 1.165) is 25.9 Å². The zero-order chi connectivity index (χ0) is 18.3. The quantitative estimate of drug-likeness (QED) is 0.390. The topological polar surface area (TPSA) is 73.1 Å². The molecule has 0 saturated carbocycles. The Morgan fingerprint density at radius 3 is 2.77 bits per heavy atom. The number of fused-ring (bicyclic) bond motifs is 3. The number of rotatable bonds is 3. The molecule has 1 aliphatic heterocycles. The van der Waals surface area contributed by atoms with E-state index in [2.05, 4.69) is 68.3 Å². The van der Waals surface area contributed by atoms with Gasteiger partial charge < -0.3 is 14.5 Å². The number of nitrogens with one attached hydrogen (secondary N) is 1. The molecule has 10 heteroatoms. The lowest BCUT2D eigenvalue weighted by Gasteiger charge is -2.16. The molecule has 1 atom stereocenters. The van der Waals surface area contributed by atoms with Crippen LogP contribution in [0.4, 0.5) is 5.69 Å². The van der Waals surface area contributed by atoms with Crippen LogP contribution in [-0.4, -0.2) is 20.9 Å². The summed E-state index contributed by atoms with van der Waals surface area (Å²) in [6, 6.07) is 7.71. The van der Waals surface area contributed by atoms with Crippen LogP contribution in [0.25, 0.3) is 11.3 Å². The minimum Gasteiger partial charge on any atom is -0.447 e. The summed E-state index contributed by atoms with van der Waals surface area (Å²) in [5.74, 6) is 1.87. The van der Waals surface area contributed by atoms with Gasteiger partial charge in [0.2, 0.25) is 17.3 Å². The number of ether oxygens (including phenoxy) is 1. The second-order valence-electron chi connectivity index (χ2n) is 5.28. The molecule has 134 valence electrons. The van der Waals surface area contributed by atoms with E-state index in [4.69, 9.17) is 9.15 Å². The third-order valence-corrected chi connectivity index (χ3v) is 6.51. The molecule has 1 aliphatic rings. The van der Waals surface area contributed by atoms with Crippen LogP contribution in [0.3, 0.4) is 0 Å². The van der Waals surface area contributed by atoms with Crippen molar-refractivity contribution in [3.63, 3.8) is 0 Å². The molecule has 0 aliphatic carbocycles. The number of anilines is 1. The third kappa shape index (κ3) is 3.51. The fraction of sp³-hybridized carbons (Fsp3) is 0.188. The number of hydrogen-bond donors (Lipinski definition) is 1. The first-order valence-electron chi connectivity index (χ1n) is 7.60. The van der Waals surface area contributed by atoms with E-state index >= 15 is 0 Å². The smallest absolute Gasteiger partial charge is 0.247 e. The highest BCUT2D eigenvalue weighted by Crippen LogP contribution is 2.42. The minimum absolute atomic E-state index is 0.411. The number of aromatic nitrogens is 3. The van der Waals surface area contributed by atoms with Crippen LogP contribution in [0.15, 0.2) is 47.5 Å². The summed E-state index contributed by atoms with van der Waals surface area (Å²) in [6.07, 6.45) is -0.560.